The summed E-state index contributed by atoms with van der Waals surface area (Å²) in [4.78, 5) is 18.1. The molecule has 1 fully saturated rings. The maximum Gasteiger partial charge on any atom is 0.490 e. The molecule has 2 aliphatic heterocycles. The monoisotopic (exact) mass is 630 g/mol. The summed E-state index contributed by atoms with van der Waals surface area (Å²) in [5.74, 6) is -0.114. The molecule has 0 bridgehead atoms. The zero-order valence-electron chi connectivity index (χ0n) is 24.6. The number of anilines is 3. The van der Waals surface area contributed by atoms with Crippen molar-refractivity contribution in [1.82, 2.24) is 19.5 Å². The minimum Gasteiger partial charge on any atom is -0.494 e. The van der Waals surface area contributed by atoms with E-state index >= 15 is 0 Å². The highest BCUT2D eigenvalue weighted by atomic mass is 19.4. The number of benzene rings is 2. The first-order chi connectivity index (χ1) is 21.5. The van der Waals surface area contributed by atoms with Gasteiger partial charge in [0.15, 0.2) is 11.5 Å². The van der Waals surface area contributed by atoms with Crippen molar-refractivity contribution >= 4 is 28.8 Å². The molecule has 0 aliphatic carbocycles. The first-order valence-corrected chi connectivity index (χ1v) is 14.2. The van der Waals surface area contributed by atoms with Crippen LogP contribution in [0.25, 0.3) is 16.8 Å². The summed E-state index contributed by atoms with van der Waals surface area (Å²) in [5, 5.41) is 24.9. The summed E-state index contributed by atoms with van der Waals surface area (Å²) in [6.45, 7) is 7.24. The number of fused-ring (bicyclic) bond motifs is 2. The van der Waals surface area contributed by atoms with Crippen LogP contribution in [0.4, 0.5) is 30.5 Å². The Bertz CT molecular complexity index is 1640. The lowest BCUT2D eigenvalue weighted by Crippen LogP contribution is -2.48. The van der Waals surface area contributed by atoms with Crippen LogP contribution in [0, 0.1) is 0 Å². The van der Waals surface area contributed by atoms with E-state index in [0.29, 0.717) is 31.5 Å². The fraction of sp³-hybridized carbons (Fsp3) is 0.367. The lowest BCUT2D eigenvalue weighted by atomic mass is 10.1. The van der Waals surface area contributed by atoms with Gasteiger partial charge in [0.05, 0.1) is 36.3 Å². The molecule has 4 heterocycles. The van der Waals surface area contributed by atoms with E-state index in [1.54, 1.807) is 13.3 Å². The molecule has 2 aliphatic rings. The summed E-state index contributed by atoms with van der Waals surface area (Å²) in [6, 6.07) is 16.0. The molecule has 4 aromatic rings. The number of carboxylic acid groups (broad SMARTS) is 1. The third-order valence-electron chi connectivity index (χ3n) is 7.17. The van der Waals surface area contributed by atoms with Crippen LogP contribution in [0.2, 0.25) is 0 Å². The van der Waals surface area contributed by atoms with Crippen molar-refractivity contribution in [3.63, 3.8) is 0 Å². The molecule has 0 radical (unpaired) electrons. The minimum atomic E-state index is -5.08. The van der Waals surface area contributed by atoms with Crippen molar-refractivity contribution in [2.75, 3.05) is 63.3 Å². The SMILES string of the molecule is COc1cc(N2CCN(C[C@H](C)O)CC2)ccc1Nc1ncc2ccc(-c3cccc4c3OCCO4)n2n1.O=C(O)C(F)(F)F. The standard InChI is InChI=1S/C28H32N6O4.C2HF3O2/c1-19(35)18-32-10-12-33(13-11-32)20-6-8-23(26(16-20)36-2)30-28-29-17-21-7-9-24(34(21)31-28)22-4-3-5-25-27(22)38-15-14-37-25;3-2(4,5)1(6)7/h3-9,16-17,19,35H,10-15,18H2,1-2H3,(H,30,31);(H,6,7)/t19-;/m0./s1. The van der Waals surface area contributed by atoms with Crippen LogP contribution < -0.4 is 24.4 Å². The Morgan fingerprint density at radius 1 is 1.09 bits per heavy atom. The molecule has 0 saturated carbocycles. The van der Waals surface area contributed by atoms with E-state index in [4.69, 9.17) is 29.2 Å². The van der Waals surface area contributed by atoms with E-state index in [9.17, 15) is 18.3 Å². The Balaban J connectivity index is 0.000000515. The fourth-order valence-corrected chi connectivity index (χ4v) is 5.10. The Kier molecular flexibility index (Phi) is 9.48. The maximum absolute atomic E-state index is 10.6. The van der Waals surface area contributed by atoms with Gasteiger partial charge in [0.1, 0.15) is 19.0 Å². The highest BCUT2D eigenvalue weighted by molar-refractivity contribution is 5.75. The number of para-hydroxylation sites is 1. The zero-order valence-corrected chi connectivity index (χ0v) is 24.6. The average molecular weight is 631 g/mol. The van der Waals surface area contributed by atoms with Gasteiger partial charge < -0.3 is 34.6 Å². The molecule has 12 nitrogen and oxygen atoms in total. The van der Waals surface area contributed by atoms with E-state index < -0.39 is 12.1 Å². The van der Waals surface area contributed by atoms with E-state index in [1.165, 1.54) is 0 Å². The first kappa shape index (κ1) is 31.7. The molecule has 6 rings (SSSR count). The molecule has 15 heteroatoms. The van der Waals surface area contributed by atoms with Crippen LogP contribution in [0.1, 0.15) is 6.92 Å². The summed E-state index contributed by atoms with van der Waals surface area (Å²) < 4.78 is 51.0. The second-order valence-electron chi connectivity index (χ2n) is 10.4. The van der Waals surface area contributed by atoms with Gasteiger partial charge in [0, 0.05) is 50.0 Å². The number of carbonyl (C=O) groups is 1. The largest absolute Gasteiger partial charge is 0.494 e. The number of aromatic nitrogens is 3. The van der Waals surface area contributed by atoms with Gasteiger partial charge in [-0.05, 0) is 43.3 Å². The van der Waals surface area contributed by atoms with Gasteiger partial charge in [0.2, 0.25) is 5.95 Å². The number of methoxy groups -OCH3 is 1. The average Bonchev–Trinajstić information content (AvgIpc) is 3.44. The van der Waals surface area contributed by atoms with Crippen molar-refractivity contribution in [2.45, 2.75) is 19.2 Å². The number of aliphatic hydroxyl groups excluding tert-OH is 1. The number of hydrogen-bond acceptors (Lipinski definition) is 10. The Morgan fingerprint density at radius 3 is 2.51 bits per heavy atom. The number of hydrogen-bond donors (Lipinski definition) is 3. The molecule has 0 spiro atoms. The summed E-state index contributed by atoms with van der Waals surface area (Å²) >= 11 is 0. The van der Waals surface area contributed by atoms with Gasteiger partial charge in [-0.3, -0.25) is 4.90 Å². The Labute approximate surface area is 256 Å². The van der Waals surface area contributed by atoms with Crippen molar-refractivity contribution in [3.8, 4) is 28.5 Å². The Hall–Kier alpha value is -4.76. The Morgan fingerprint density at radius 2 is 1.82 bits per heavy atom. The number of piperazine rings is 1. The lowest BCUT2D eigenvalue weighted by molar-refractivity contribution is -0.192. The van der Waals surface area contributed by atoms with Gasteiger partial charge in [-0.1, -0.05) is 6.07 Å². The van der Waals surface area contributed by atoms with Crippen LogP contribution in [-0.4, -0.2) is 101 Å². The molecule has 1 saturated heterocycles. The summed E-state index contributed by atoms with van der Waals surface area (Å²) in [5.41, 5.74) is 4.57. The van der Waals surface area contributed by atoms with Crippen molar-refractivity contribution < 1.29 is 42.4 Å². The van der Waals surface area contributed by atoms with Crippen LogP contribution in [-0.2, 0) is 4.79 Å². The lowest BCUT2D eigenvalue weighted by Gasteiger charge is -2.36. The topological polar surface area (TPSA) is 134 Å². The number of aliphatic hydroxyl groups is 1. The molecule has 2 aromatic carbocycles. The van der Waals surface area contributed by atoms with E-state index in [1.807, 2.05) is 53.9 Å². The van der Waals surface area contributed by atoms with Crippen LogP contribution in [0.3, 0.4) is 0 Å². The van der Waals surface area contributed by atoms with Crippen molar-refractivity contribution in [3.05, 3.63) is 54.7 Å². The minimum absolute atomic E-state index is 0.309. The highest BCUT2D eigenvalue weighted by Crippen LogP contribution is 2.40. The van der Waals surface area contributed by atoms with Crippen LogP contribution >= 0.6 is 0 Å². The molecule has 45 heavy (non-hydrogen) atoms. The number of halogens is 3. The van der Waals surface area contributed by atoms with Crippen molar-refractivity contribution in [1.29, 1.82) is 0 Å². The molecular formula is C30H33F3N6O6. The number of rotatable bonds is 7. The molecule has 2 aromatic heterocycles. The third-order valence-corrected chi connectivity index (χ3v) is 7.17. The second kappa shape index (κ2) is 13.5. The van der Waals surface area contributed by atoms with E-state index in [2.05, 4.69) is 26.2 Å². The number of aliphatic carboxylic acids is 1. The smallest absolute Gasteiger partial charge is 0.490 e. The maximum atomic E-state index is 10.6. The molecule has 240 valence electrons. The number of nitrogens with one attached hydrogen (secondary N) is 1. The fourth-order valence-electron chi connectivity index (χ4n) is 5.10. The molecule has 3 N–H and O–H groups in total. The van der Waals surface area contributed by atoms with Crippen molar-refractivity contribution in [2.24, 2.45) is 0 Å². The van der Waals surface area contributed by atoms with Gasteiger partial charge in [-0.2, -0.15) is 13.2 Å². The van der Waals surface area contributed by atoms with Gasteiger partial charge in [-0.15, -0.1) is 5.10 Å². The van der Waals surface area contributed by atoms with E-state index in [0.717, 1.165) is 65.8 Å². The van der Waals surface area contributed by atoms with Gasteiger partial charge >= 0.3 is 12.1 Å². The second-order valence-corrected chi connectivity index (χ2v) is 10.4. The summed E-state index contributed by atoms with van der Waals surface area (Å²) in [7, 11) is 1.67. The number of nitrogens with zero attached hydrogens (tertiary/aromatic N) is 5. The molecule has 0 unspecified atom stereocenters. The van der Waals surface area contributed by atoms with Crippen LogP contribution in [0.15, 0.2) is 54.7 Å². The predicted molar refractivity (Wildman–Crippen MR) is 160 cm³/mol. The number of β-amino-alcohol motifs (C(OH)–C–C–N with tert-alkyl or cyclic N) is 1. The van der Waals surface area contributed by atoms with E-state index in [-0.39, 0.29) is 6.10 Å². The molecule has 1 atom stereocenters. The van der Waals surface area contributed by atoms with Crippen LogP contribution in [0.5, 0.6) is 17.2 Å². The number of carboxylic acids is 1. The summed E-state index contributed by atoms with van der Waals surface area (Å²) in [6.07, 6.45) is -3.60. The quantitative estimate of drug-likeness (QED) is 0.273. The normalized spacial score (nSPS) is 15.6. The first-order valence-electron chi connectivity index (χ1n) is 14.2. The third kappa shape index (κ3) is 7.49. The zero-order chi connectivity index (χ0) is 32.1. The predicted octanol–water partition coefficient (Wildman–Crippen LogP) is 4.06. The number of alkyl halides is 3. The molecular weight excluding hydrogens is 597 g/mol. The molecule has 0 amide bonds. The van der Waals surface area contributed by atoms with Gasteiger partial charge in [-0.25, -0.2) is 14.3 Å². The highest BCUT2D eigenvalue weighted by Gasteiger charge is 2.38. The number of ether oxygens (including phenoxy) is 3. The van der Waals surface area contributed by atoms with Gasteiger partial charge in [0.25, 0.3) is 0 Å².